The molecule has 2 aromatic carbocycles. The second-order valence-corrected chi connectivity index (χ2v) is 9.42. The summed E-state index contributed by atoms with van der Waals surface area (Å²) < 4.78 is 5.61. The number of aliphatic hydroxyl groups excluding tert-OH is 1. The van der Waals surface area contributed by atoms with E-state index in [0.29, 0.717) is 12.8 Å². The van der Waals surface area contributed by atoms with E-state index in [-0.39, 0.29) is 19.1 Å². The molecule has 1 unspecified atom stereocenters. The summed E-state index contributed by atoms with van der Waals surface area (Å²) in [6, 6.07) is 14.8. The van der Waals surface area contributed by atoms with Gasteiger partial charge in [0.05, 0.1) is 12.0 Å². The quantitative estimate of drug-likeness (QED) is 0.429. The molecule has 2 amide bonds. The first kappa shape index (κ1) is 24.7. The molecule has 35 heavy (non-hydrogen) atoms. The Kier molecular flexibility index (Phi) is 7.70. The first-order chi connectivity index (χ1) is 16.9. The number of aliphatic hydroxyl groups is 1. The highest BCUT2D eigenvalue weighted by Crippen LogP contribution is 2.44. The zero-order chi connectivity index (χ0) is 24.8. The van der Waals surface area contributed by atoms with E-state index >= 15 is 0 Å². The summed E-state index contributed by atoms with van der Waals surface area (Å²) in [5.41, 5.74) is 3.58. The summed E-state index contributed by atoms with van der Waals surface area (Å²) in [4.78, 5) is 37.1. The summed E-state index contributed by atoms with van der Waals surface area (Å²) in [6.07, 6.45) is 4.00. The fourth-order valence-electron chi connectivity index (χ4n) is 5.28. The first-order valence-electron chi connectivity index (χ1n) is 12.2. The van der Waals surface area contributed by atoms with Crippen molar-refractivity contribution in [2.45, 2.75) is 50.5 Å². The van der Waals surface area contributed by atoms with Gasteiger partial charge in [0.2, 0.25) is 5.91 Å². The molecule has 2 aliphatic rings. The summed E-state index contributed by atoms with van der Waals surface area (Å²) in [5, 5.41) is 23.8. The molecular formula is C27H32N2O6. The number of alkyl carbamates (subject to hydrolysis) is 1. The monoisotopic (exact) mass is 480 g/mol. The van der Waals surface area contributed by atoms with Crippen LogP contribution in [0, 0.1) is 5.41 Å². The highest BCUT2D eigenvalue weighted by atomic mass is 16.5. The third kappa shape index (κ3) is 5.32. The number of ether oxygens (including phenoxy) is 1. The van der Waals surface area contributed by atoms with Crippen LogP contribution in [0.15, 0.2) is 48.5 Å². The van der Waals surface area contributed by atoms with E-state index in [9.17, 15) is 24.6 Å². The van der Waals surface area contributed by atoms with E-state index in [1.54, 1.807) is 0 Å². The van der Waals surface area contributed by atoms with Crippen LogP contribution >= 0.6 is 0 Å². The van der Waals surface area contributed by atoms with Gasteiger partial charge in [-0.25, -0.2) is 9.59 Å². The van der Waals surface area contributed by atoms with Gasteiger partial charge in [-0.3, -0.25) is 4.79 Å². The minimum Gasteiger partial charge on any atom is -0.480 e. The molecule has 0 heterocycles. The first-order valence-corrected chi connectivity index (χ1v) is 12.2. The van der Waals surface area contributed by atoms with Crippen LogP contribution in [-0.4, -0.2) is 54.0 Å². The molecular weight excluding hydrogens is 448 g/mol. The Balaban J connectivity index is 1.41. The highest BCUT2D eigenvalue weighted by molar-refractivity contribution is 5.88. The van der Waals surface area contributed by atoms with Crippen molar-refractivity contribution in [1.29, 1.82) is 0 Å². The van der Waals surface area contributed by atoms with Crippen LogP contribution in [-0.2, 0) is 14.3 Å². The molecule has 1 atom stereocenters. The number of rotatable bonds is 8. The number of nitrogens with one attached hydrogen (secondary N) is 2. The van der Waals surface area contributed by atoms with Gasteiger partial charge in [0.1, 0.15) is 12.6 Å². The van der Waals surface area contributed by atoms with Crippen molar-refractivity contribution in [1.82, 2.24) is 10.6 Å². The SMILES string of the molecule is O=C(NCC1(C(=O)NC(CO)C(=O)O)CCCCCC1)OCC1c2ccccc2-c2ccccc21. The van der Waals surface area contributed by atoms with Crippen LogP contribution in [0.3, 0.4) is 0 Å². The summed E-state index contributed by atoms with van der Waals surface area (Å²) >= 11 is 0. The molecule has 4 rings (SSSR count). The van der Waals surface area contributed by atoms with E-state index in [0.717, 1.165) is 47.9 Å². The molecule has 0 aromatic heterocycles. The van der Waals surface area contributed by atoms with E-state index in [1.807, 2.05) is 36.4 Å². The Morgan fingerprint density at radius 3 is 2.06 bits per heavy atom. The smallest absolute Gasteiger partial charge is 0.407 e. The molecule has 0 spiro atoms. The molecule has 8 heteroatoms. The normalized spacial score (nSPS) is 17.4. The fourth-order valence-corrected chi connectivity index (χ4v) is 5.28. The number of amides is 2. The number of aliphatic carboxylic acids is 1. The lowest BCUT2D eigenvalue weighted by atomic mass is 9.79. The van der Waals surface area contributed by atoms with Crippen molar-refractivity contribution < 1.29 is 29.3 Å². The second kappa shape index (κ2) is 10.9. The van der Waals surface area contributed by atoms with Gasteiger partial charge in [0, 0.05) is 12.5 Å². The molecule has 2 aromatic rings. The molecule has 186 valence electrons. The van der Waals surface area contributed by atoms with Crippen LogP contribution in [0.25, 0.3) is 11.1 Å². The maximum atomic E-state index is 13.1. The minimum absolute atomic E-state index is 0.0489. The molecule has 8 nitrogen and oxygen atoms in total. The van der Waals surface area contributed by atoms with Crippen molar-refractivity contribution >= 4 is 18.0 Å². The molecule has 0 bridgehead atoms. The minimum atomic E-state index is -1.38. The standard InChI is InChI=1S/C27H32N2O6/c30-15-23(24(31)32)29-25(33)27(13-7-1-2-8-14-27)17-28-26(34)35-16-22-20-11-5-3-9-18(20)19-10-4-6-12-21(19)22/h3-6,9-12,22-23,30H,1-2,7-8,13-17H2,(H,28,34)(H,29,33)(H,31,32). The Labute approximate surface area is 204 Å². The van der Waals surface area contributed by atoms with E-state index < -0.39 is 36.0 Å². The number of carbonyl (C=O) groups is 3. The Bertz CT molecular complexity index is 1030. The Hall–Kier alpha value is -3.39. The highest BCUT2D eigenvalue weighted by Gasteiger charge is 2.40. The van der Waals surface area contributed by atoms with Gasteiger partial charge in [0.15, 0.2) is 0 Å². The van der Waals surface area contributed by atoms with E-state index in [4.69, 9.17) is 4.74 Å². The lowest BCUT2D eigenvalue weighted by Crippen LogP contribution is -2.53. The zero-order valence-corrected chi connectivity index (χ0v) is 19.7. The number of hydrogen-bond donors (Lipinski definition) is 4. The van der Waals surface area contributed by atoms with Gasteiger partial charge in [-0.05, 0) is 35.1 Å². The van der Waals surface area contributed by atoms with Crippen LogP contribution in [0.5, 0.6) is 0 Å². The third-order valence-electron chi connectivity index (χ3n) is 7.24. The number of carboxylic acid groups (broad SMARTS) is 1. The summed E-state index contributed by atoms with van der Waals surface area (Å²) in [6.45, 7) is -0.477. The summed E-state index contributed by atoms with van der Waals surface area (Å²) in [5.74, 6) is -1.82. The lowest BCUT2D eigenvalue weighted by Gasteiger charge is -2.32. The number of carbonyl (C=O) groups excluding carboxylic acids is 2. The number of benzene rings is 2. The van der Waals surface area contributed by atoms with Crippen molar-refractivity contribution in [2.75, 3.05) is 19.8 Å². The van der Waals surface area contributed by atoms with Crippen LogP contribution in [0.1, 0.15) is 55.6 Å². The van der Waals surface area contributed by atoms with Crippen molar-refractivity contribution in [3.8, 4) is 11.1 Å². The molecule has 0 aliphatic heterocycles. The second-order valence-electron chi connectivity index (χ2n) is 9.42. The van der Waals surface area contributed by atoms with Gasteiger partial charge < -0.3 is 25.6 Å². The van der Waals surface area contributed by atoms with Gasteiger partial charge in [0.25, 0.3) is 0 Å². The molecule has 1 saturated carbocycles. The Morgan fingerprint density at radius 1 is 0.943 bits per heavy atom. The largest absolute Gasteiger partial charge is 0.480 e. The van der Waals surface area contributed by atoms with Crippen molar-refractivity contribution in [3.05, 3.63) is 59.7 Å². The average molecular weight is 481 g/mol. The molecule has 4 N–H and O–H groups in total. The number of fused-ring (bicyclic) bond motifs is 3. The predicted octanol–water partition coefficient (Wildman–Crippen LogP) is 3.43. The summed E-state index contributed by atoms with van der Waals surface area (Å²) in [7, 11) is 0. The molecule has 1 fully saturated rings. The van der Waals surface area contributed by atoms with Crippen LogP contribution in [0.4, 0.5) is 4.79 Å². The van der Waals surface area contributed by atoms with Crippen molar-refractivity contribution in [2.24, 2.45) is 5.41 Å². The fraction of sp³-hybridized carbons (Fsp3) is 0.444. The third-order valence-corrected chi connectivity index (χ3v) is 7.24. The van der Waals surface area contributed by atoms with Crippen molar-refractivity contribution in [3.63, 3.8) is 0 Å². The zero-order valence-electron chi connectivity index (χ0n) is 19.7. The molecule has 0 saturated heterocycles. The van der Waals surface area contributed by atoms with Crippen LogP contribution in [0.2, 0.25) is 0 Å². The predicted molar refractivity (Wildman–Crippen MR) is 130 cm³/mol. The maximum Gasteiger partial charge on any atom is 0.407 e. The van der Waals surface area contributed by atoms with Crippen LogP contribution < -0.4 is 10.6 Å². The molecule has 0 radical (unpaired) electrons. The lowest BCUT2D eigenvalue weighted by molar-refractivity contribution is -0.145. The van der Waals surface area contributed by atoms with Gasteiger partial charge in [-0.1, -0.05) is 74.2 Å². The number of hydrogen-bond acceptors (Lipinski definition) is 5. The van der Waals surface area contributed by atoms with Gasteiger partial charge in [-0.15, -0.1) is 0 Å². The van der Waals surface area contributed by atoms with Gasteiger partial charge in [-0.2, -0.15) is 0 Å². The maximum absolute atomic E-state index is 13.1. The van der Waals surface area contributed by atoms with Gasteiger partial charge >= 0.3 is 12.1 Å². The van der Waals surface area contributed by atoms with E-state index in [1.165, 1.54) is 0 Å². The topological polar surface area (TPSA) is 125 Å². The van der Waals surface area contributed by atoms with E-state index in [2.05, 4.69) is 22.8 Å². The molecule has 2 aliphatic carbocycles. The average Bonchev–Trinajstić information content (AvgIpc) is 3.00. The Morgan fingerprint density at radius 2 is 1.51 bits per heavy atom. The number of carboxylic acids is 1.